The number of anilines is 3. The number of piperidine rings is 1. The summed E-state index contributed by atoms with van der Waals surface area (Å²) >= 11 is 0. The van der Waals surface area contributed by atoms with E-state index in [4.69, 9.17) is 4.98 Å². The van der Waals surface area contributed by atoms with Crippen molar-refractivity contribution in [3.63, 3.8) is 0 Å². The number of aryl methyl sites for hydroxylation is 2. The van der Waals surface area contributed by atoms with E-state index in [2.05, 4.69) is 44.5 Å². The van der Waals surface area contributed by atoms with Crippen LogP contribution in [0.15, 0.2) is 54.9 Å². The molecule has 4 heterocycles. The Bertz CT molecular complexity index is 1110. The van der Waals surface area contributed by atoms with Crippen molar-refractivity contribution in [2.24, 2.45) is 0 Å². The van der Waals surface area contributed by atoms with Gasteiger partial charge in [-0.3, -0.25) is 14.7 Å². The number of amides is 1. The summed E-state index contributed by atoms with van der Waals surface area (Å²) in [7, 11) is 0. The van der Waals surface area contributed by atoms with Crippen LogP contribution in [0.2, 0.25) is 0 Å². The lowest BCUT2D eigenvalue weighted by molar-refractivity contribution is -0.120. The lowest BCUT2D eigenvalue weighted by Gasteiger charge is -2.35. The van der Waals surface area contributed by atoms with Crippen LogP contribution >= 0.6 is 0 Å². The van der Waals surface area contributed by atoms with Crippen LogP contribution in [0, 0.1) is 6.92 Å². The standard InChI is InChI=1S/C26H30N6O/c1-19-16-22(30-26-27-11-5-12-28-26)17-23(29-19)20-9-14-31(15-10-20)18-25(33)32-13-4-7-21-6-2-3-8-24(21)32/h2-3,5-6,8,11-12,16-17,20H,4,7,9-10,13-15,18H2,1H3,(H,27,28,29,30). The molecule has 0 unspecified atom stereocenters. The fourth-order valence-electron chi connectivity index (χ4n) is 4.92. The van der Waals surface area contributed by atoms with Gasteiger partial charge in [0.1, 0.15) is 0 Å². The molecule has 2 aliphatic rings. The number of para-hydroxylation sites is 1. The van der Waals surface area contributed by atoms with Crippen LogP contribution in [-0.2, 0) is 11.2 Å². The molecule has 1 N–H and O–H groups in total. The fourth-order valence-corrected chi connectivity index (χ4v) is 4.92. The van der Waals surface area contributed by atoms with Gasteiger partial charge in [0, 0.05) is 47.6 Å². The average Bonchev–Trinajstić information content (AvgIpc) is 2.84. The molecule has 7 heteroatoms. The highest BCUT2D eigenvalue weighted by atomic mass is 16.2. The van der Waals surface area contributed by atoms with Crippen LogP contribution < -0.4 is 10.2 Å². The molecule has 170 valence electrons. The third-order valence-electron chi connectivity index (χ3n) is 6.57. The van der Waals surface area contributed by atoms with Gasteiger partial charge in [-0.1, -0.05) is 18.2 Å². The largest absolute Gasteiger partial charge is 0.324 e. The predicted octanol–water partition coefficient (Wildman–Crippen LogP) is 4.08. The second-order valence-electron chi connectivity index (χ2n) is 8.95. The predicted molar refractivity (Wildman–Crippen MR) is 130 cm³/mol. The van der Waals surface area contributed by atoms with Gasteiger partial charge in [0.25, 0.3) is 0 Å². The molecule has 0 radical (unpaired) electrons. The Morgan fingerprint density at radius 1 is 1.06 bits per heavy atom. The molecule has 2 aliphatic heterocycles. The van der Waals surface area contributed by atoms with E-state index in [1.165, 1.54) is 5.56 Å². The van der Waals surface area contributed by atoms with Crippen molar-refractivity contribution < 1.29 is 4.79 Å². The maximum absolute atomic E-state index is 13.1. The summed E-state index contributed by atoms with van der Waals surface area (Å²) in [5.74, 6) is 1.19. The zero-order valence-electron chi connectivity index (χ0n) is 19.1. The summed E-state index contributed by atoms with van der Waals surface area (Å²) in [5, 5.41) is 3.28. The number of carbonyl (C=O) groups excluding carboxylic acids is 1. The quantitative estimate of drug-likeness (QED) is 0.642. The lowest BCUT2D eigenvalue weighted by Crippen LogP contribution is -2.45. The molecule has 0 atom stereocenters. The van der Waals surface area contributed by atoms with Crippen molar-refractivity contribution in [2.45, 2.75) is 38.5 Å². The van der Waals surface area contributed by atoms with Crippen LogP contribution in [0.25, 0.3) is 0 Å². The van der Waals surface area contributed by atoms with Crippen LogP contribution in [0.4, 0.5) is 17.3 Å². The van der Waals surface area contributed by atoms with Crippen LogP contribution in [-0.4, -0.2) is 51.9 Å². The molecular weight excluding hydrogens is 412 g/mol. The maximum Gasteiger partial charge on any atom is 0.241 e. The molecule has 2 aromatic heterocycles. The Hall–Kier alpha value is -3.32. The molecular formula is C26H30N6O. The van der Waals surface area contributed by atoms with Crippen LogP contribution in [0.1, 0.15) is 42.1 Å². The van der Waals surface area contributed by atoms with Gasteiger partial charge in [-0.2, -0.15) is 0 Å². The van der Waals surface area contributed by atoms with E-state index in [1.807, 2.05) is 24.0 Å². The molecule has 1 saturated heterocycles. The van der Waals surface area contributed by atoms with E-state index < -0.39 is 0 Å². The molecule has 7 nitrogen and oxygen atoms in total. The van der Waals surface area contributed by atoms with Crippen molar-refractivity contribution >= 4 is 23.2 Å². The van der Waals surface area contributed by atoms with Gasteiger partial charge < -0.3 is 10.2 Å². The SMILES string of the molecule is Cc1cc(Nc2ncccn2)cc(C2CCN(CC(=O)N3CCCc4ccccc43)CC2)n1. The summed E-state index contributed by atoms with van der Waals surface area (Å²) in [6, 6.07) is 14.2. The van der Waals surface area contributed by atoms with E-state index in [9.17, 15) is 4.79 Å². The number of nitrogens with zero attached hydrogens (tertiary/aromatic N) is 5. The first-order valence-electron chi connectivity index (χ1n) is 11.8. The van der Waals surface area contributed by atoms with E-state index in [1.54, 1.807) is 18.5 Å². The normalized spacial score (nSPS) is 16.9. The van der Waals surface area contributed by atoms with Crippen molar-refractivity contribution in [3.05, 3.63) is 71.8 Å². The van der Waals surface area contributed by atoms with Crippen molar-refractivity contribution in [1.82, 2.24) is 19.9 Å². The molecule has 0 aliphatic carbocycles. The molecule has 33 heavy (non-hydrogen) atoms. The van der Waals surface area contributed by atoms with Crippen LogP contribution in [0.3, 0.4) is 0 Å². The fraction of sp³-hybridized carbons (Fsp3) is 0.385. The van der Waals surface area contributed by atoms with Gasteiger partial charge in [0.15, 0.2) is 0 Å². The molecule has 3 aromatic rings. The number of carbonyl (C=O) groups is 1. The zero-order chi connectivity index (χ0) is 22.6. The topological polar surface area (TPSA) is 74.2 Å². The third-order valence-corrected chi connectivity index (χ3v) is 6.57. The summed E-state index contributed by atoms with van der Waals surface area (Å²) in [6.45, 7) is 5.14. The number of hydrogen-bond acceptors (Lipinski definition) is 6. The van der Waals surface area contributed by atoms with Gasteiger partial charge in [0.05, 0.1) is 6.54 Å². The van der Waals surface area contributed by atoms with Gasteiger partial charge in [-0.15, -0.1) is 0 Å². The van der Waals surface area contributed by atoms with E-state index >= 15 is 0 Å². The van der Waals surface area contributed by atoms with Gasteiger partial charge >= 0.3 is 0 Å². The average molecular weight is 443 g/mol. The first-order chi connectivity index (χ1) is 16.2. The van der Waals surface area contributed by atoms with Crippen molar-refractivity contribution in [3.8, 4) is 0 Å². The summed E-state index contributed by atoms with van der Waals surface area (Å²) in [4.78, 5) is 30.7. The highest BCUT2D eigenvalue weighted by Gasteiger charge is 2.27. The Morgan fingerprint density at radius 2 is 1.85 bits per heavy atom. The second-order valence-corrected chi connectivity index (χ2v) is 8.95. The third kappa shape index (κ3) is 5.03. The monoisotopic (exact) mass is 442 g/mol. The molecule has 0 bridgehead atoms. The molecule has 5 rings (SSSR count). The minimum Gasteiger partial charge on any atom is -0.324 e. The number of likely N-dealkylation sites (tertiary alicyclic amines) is 1. The highest BCUT2D eigenvalue weighted by Crippen LogP contribution is 2.30. The number of rotatable bonds is 5. The molecule has 1 amide bonds. The first-order valence-corrected chi connectivity index (χ1v) is 11.8. The summed E-state index contributed by atoms with van der Waals surface area (Å²) in [6.07, 6.45) is 7.55. The minimum atomic E-state index is 0.212. The number of benzene rings is 1. The molecule has 0 spiro atoms. The number of pyridine rings is 1. The summed E-state index contributed by atoms with van der Waals surface area (Å²) in [5.41, 5.74) is 5.42. The summed E-state index contributed by atoms with van der Waals surface area (Å²) < 4.78 is 0. The molecule has 0 saturated carbocycles. The van der Waals surface area contributed by atoms with E-state index in [0.717, 1.165) is 68.1 Å². The van der Waals surface area contributed by atoms with Crippen LogP contribution in [0.5, 0.6) is 0 Å². The second kappa shape index (κ2) is 9.67. The van der Waals surface area contributed by atoms with Gasteiger partial charge in [0.2, 0.25) is 11.9 Å². The Balaban J connectivity index is 1.20. The Morgan fingerprint density at radius 3 is 2.67 bits per heavy atom. The van der Waals surface area contributed by atoms with Crippen molar-refractivity contribution in [1.29, 1.82) is 0 Å². The van der Waals surface area contributed by atoms with E-state index in [0.29, 0.717) is 18.4 Å². The smallest absolute Gasteiger partial charge is 0.241 e. The lowest BCUT2D eigenvalue weighted by atomic mass is 9.92. The number of fused-ring (bicyclic) bond motifs is 1. The maximum atomic E-state index is 13.1. The Labute approximate surface area is 194 Å². The zero-order valence-corrected chi connectivity index (χ0v) is 19.1. The number of hydrogen-bond donors (Lipinski definition) is 1. The first kappa shape index (κ1) is 21.5. The van der Waals surface area contributed by atoms with Crippen molar-refractivity contribution in [2.75, 3.05) is 36.4 Å². The van der Waals surface area contributed by atoms with Gasteiger partial charge in [-0.05, 0) is 75.5 Å². The van der Waals surface area contributed by atoms with E-state index in [-0.39, 0.29) is 5.91 Å². The number of nitrogens with one attached hydrogen (secondary N) is 1. The highest BCUT2D eigenvalue weighted by molar-refractivity contribution is 5.96. The number of aromatic nitrogens is 3. The minimum absolute atomic E-state index is 0.212. The Kier molecular flexibility index (Phi) is 6.30. The molecule has 1 aromatic carbocycles. The van der Waals surface area contributed by atoms with Gasteiger partial charge in [-0.25, -0.2) is 9.97 Å². The molecule has 1 fully saturated rings.